The first kappa shape index (κ1) is 15.1. The van der Waals surface area contributed by atoms with Crippen molar-refractivity contribution in [2.45, 2.75) is 39.2 Å². The largest absolute Gasteiger partial charge is 0.494 e. The molecule has 1 aliphatic rings. The van der Waals surface area contributed by atoms with E-state index in [9.17, 15) is 0 Å². The second kappa shape index (κ2) is 6.97. The Balaban J connectivity index is 1.69. The van der Waals surface area contributed by atoms with Gasteiger partial charge in [0.1, 0.15) is 5.75 Å². The summed E-state index contributed by atoms with van der Waals surface area (Å²) in [5.41, 5.74) is 4.87. The maximum absolute atomic E-state index is 5.77. The Kier molecular flexibility index (Phi) is 4.78. The van der Waals surface area contributed by atoms with E-state index in [2.05, 4.69) is 53.3 Å². The van der Waals surface area contributed by atoms with Crippen molar-refractivity contribution in [3.05, 3.63) is 35.5 Å². The highest BCUT2D eigenvalue weighted by Crippen LogP contribution is 2.29. The predicted molar refractivity (Wildman–Crippen MR) is 89.1 cm³/mol. The number of benzene rings is 1. The van der Waals surface area contributed by atoms with Gasteiger partial charge < -0.3 is 9.64 Å². The lowest BCUT2D eigenvalue weighted by Crippen LogP contribution is -2.26. The molecule has 0 spiro atoms. The van der Waals surface area contributed by atoms with Crippen molar-refractivity contribution >= 4 is 0 Å². The van der Waals surface area contributed by atoms with Gasteiger partial charge in [-0.15, -0.1) is 0 Å². The Hall–Kier alpha value is -1.81. The lowest BCUT2D eigenvalue weighted by atomic mass is 10.0. The van der Waals surface area contributed by atoms with Crippen molar-refractivity contribution in [2.24, 2.45) is 0 Å². The van der Waals surface area contributed by atoms with Gasteiger partial charge in [0.15, 0.2) is 0 Å². The van der Waals surface area contributed by atoms with E-state index in [0.29, 0.717) is 0 Å². The molecule has 1 aliphatic heterocycles. The summed E-state index contributed by atoms with van der Waals surface area (Å²) in [5, 5.41) is 7.73. The number of ether oxygens (including phenoxy) is 1. The first-order valence-electron chi connectivity index (χ1n) is 8.26. The number of H-pyrrole nitrogens is 1. The molecule has 1 aromatic heterocycles. The summed E-state index contributed by atoms with van der Waals surface area (Å²) in [7, 11) is 2.16. The monoisotopic (exact) mass is 299 g/mol. The molecule has 0 atom stereocenters. The van der Waals surface area contributed by atoms with Crippen LogP contribution in [-0.4, -0.2) is 35.3 Å². The van der Waals surface area contributed by atoms with Crippen molar-refractivity contribution in [1.82, 2.24) is 15.1 Å². The van der Waals surface area contributed by atoms with Crippen molar-refractivity contribution in [3.63, 3.8) is 0 Å². The van der Waals surface area contributed by atoms with E-state index >= 15 is 0 Å². The normalized spacial score (nSPS) is 14.8. The van der Waals surface area contributed by atoms with Gasteiger partial charge in [-0.05, 0) is 37.7 Å². The zero-order valence-electron chi connectivity index (χ0n) is 13.6. The van der Waals surface area contributed by atoms with Gasteiger partial charge in [0.05, 0.1) is 12.3 Å². The van der Waals surface area contributed by atoms with Crippen molar-refractivity contribution < 1.29 is 4.74 Å². The highest BCUT2D eigenvalue weighted by molar-refractivity contribution is 5.65. The van der Waals surface area contributed by atoms with Gasteiger partial charge >= 0.3 is 0 Å². The minimum absolute atomic E-state index is 0.801. The number of fused-ring (bicyclic) bond motifs is 1. The van der Waals surface area contributed by atoms with Crippen LogP contribution >= 0.6 is 0 Å². The van der Waals surface area contributed by atoms with Crippen LogP contribution in [0.5, 0.6) is 5.75 Å². The Morgan fingerprint density at radius 1 is 1.23 bits per heavy atom. The topological polar surface area (TPSA) is 41.1 Å². The summed E-state index contributed by atoms with van der Waals surface area (Å²) in [4.78, 5) is 2.34. The molecule has 0 aliphatic carbocycles. The maximum atomic E-state index is 5.77. The lowest BCUT2D eigenvalue weighted by Gasteiger charge is -2.22. The fourth-order valence-electron chi connectivity index (χ4n) is 2.92. The third-order valence-electron chi connectivity index (χ3n) is 4.27. The third-order valence-corrected chi connectivity index (χ3v) is 4.27. The van der Waals surface area contributed by atoms with Crippen LogP contribution in [0.2, 0.25) is 0 Å². The lowest BCUT2D eigenvalue weighted by molar-refractivity contribution is 0.306. The molecule has 22 heavy (non-hydrogen) atoms. The Morgan fingerprint density at radius 3 is 2.82 bits per heavy atom. The molecule has 0 radical (unpaired) electrons. The van der Waals surface area contributed by atoms with E-state index in [-0.39, 0.29) is 0 Å². The predicted octanol–water partition coefficient (Wildman–Crippen LogP) is 3.63. The Bertz CT molecular complexity index is 603. The number of hydrogen-bond donors (Lipinski definition) is 1. The third kappa shape index (κ3) is 3.33. The number of hydrogen-bond acceptors (Lipinski definition) is 3. The standard InChI is InChI=1S/C18H25N3O/c1-3-4-5-12-22-15-8-6-14(7-9-15)18-16-13-21(2)11-10-17(16)19-20-18/h6-9H,3-5,10-13H2,1-2H3,(H,19,20). The molecule has 0 bridgehead atoms. The molecule has 1 N–H and O–H groups in total. The number of aromatic nitrogens is 2. The fourth-order valence-corrected chi connectivity index (χ4v) is 2.92. The Labute approximate surface area is 132 Å². The van der Waals surface area contributed by atoms with Crippen LogP contribution in [0.3, 0.4) is 0 Å². The van der Waals surface area contributed by atoms with Crippen LogP contribution in [0, 0.1) is 0 Å². The summed E-state index contributed by atoms with van der Waals surface area (Å²) in [6, 6.07) is 8.32. The molecule has 0 saturated carbocycles. The number of nitrogens with one attached hydrogen (secondary N) is 1. The molecule has 4 heteroatoms. The molecule has 2 aromatic rings. The smallest absolute Gasteiger partial charge is 0.119 e. The zero-order valence-corrected chi connectivity index (χ0v) is 13.6. The molecule has 0 unspecified atom stereocenters. The SMILES string of the molecule is CCCCCOc1ccc(-c2n[nH]c3c2CN(C)CC3)cc1. The van der Waals surface area contributed by atoms with E-state index in [0.717, 1.165) is 49.5 Å². The molecule has 0 amide bonds. The molecule has 3 rings (SSSR count). The zero-order chi connectivity index (χ0) is 15.4. The van der Waals surface area contributed by atoms with E-state index in [4.69, 9.17) is 4.74 Å². The molecule has 0 saturated heterocycles. The molecule has 118 valence electrons. The first-order chi connectivity index (χ1) is 10.8. The van der Waals surface area contributed by atoms with Crippen LogP contribution in [0.15, 0.2) is 24.3 Å². The van der Waals surface area contributed by atoms with Gasteiger partial charge in [0, 0.05) is 36.3 Å². The minimum Gasteiger partial charge on any atom is -0.494 e. The number of unbranched alkanes of at least 4 members (excludes halogenated alkanes) is 2. The summed E-state index contributed by atoms with van der Waals surface area (Å²) >= 11 is 0. The highest BCUT2D eigenvalue weighted by Gasteiger charge is 2.20. The summed E-state index contributed by atoms with van der Waals surface area (Å²) in [6.45, 7) is 5.07. The van der Waals surface area contributed by atoms with Gasteiger partial charge in [0.2, 0.25) is 0 Å². The minimum atomic E-state index is 0.801. The van der Waals surface area contributed by atoms with Crippen LogP contribution < -0.4 is 4.74 Å². The quantitative estimate of drug-likeness (QED) is 0.828. The van der Waals surface area contributed by atoms with Gasteiger partial charge in [0.25, 0.3) is 0 Å². The highest BCUT2D eigenvalue weighted by atomic mass is 16.5. The van der Waals surface area contributed by atoms with Crippen molar-refractivity contribution in [2.75, 3.05) is 20.2 Å². The molecule has 4 nitrogen and oxygen atoms in total. The van der Waals surface area contributed by atoms with E-state index < -0.39 is 0 Å². The molecule has 0 fully saturated rings. The van der Waals surface area contributed by atoms with Gasteiger partial charge in [-0.2, -0.15) is 5.10 Å². The number of aromatic amines is 1. The number of nitrogens with zero attached hydrogens (tertiary/aromatic N) is 2. The van der Waals surface area contributed by atoms with Crippen molar-refractivity contribution in [3.8, 4) is 17.0 Å². The fraction of sp³-hybridized carbons (Fsp3) is 0.500. The van der Waals surface area contributed by atoms with Crippen LogP contribution in [0.25, 0.3) is 11.3 Å². The summed E-state index contributed by atoms with van der Waals surface area (Å²) in [6.07, 6.45) is 4.63. The van der Waals surface area contributed by atoms with Gasteiger partial charge in [-0.3, -0.25) is 5.10 Å². The molecular weight excluding hydrogens is 274 g/mol. The number of likely N-dealkylation sites (N-methyl/N-ethyl adjacent to an activating group) is 1. The first-order valence-corrected chi connectivity index (χ1v) is 8.26. The summed E-state index contributed by atoms with van der Waals surface area (Å²) < 4.78 is 5.77. The van der Waals surface area contributed by atoms with E-state index in [1.807, 2.05) is 0 Å². The maximum Gasteiger partial charge on any atom is 0.119 e. The average molecular weight is 299 g/mol. The molecular formula is C18H25N3O. The van der Waals surface area contributed by atoms with Crippen LogP contribution in [0.4, 0.5) is 0 Å². The molecule has 1 aromatic carbocycles. The van der Waals surface area contributed by atoms with Gasteiger partial charge in [-0.25, -0.2) is 0 Å². The van der Waals surface area contributed by atoms with E-state index in [1.54, 1.807) is 0 Å². The van der Waals surface area contributed by atoms with E-state index in [1.165, 1.54) is 24.1 Å². The molecule has 2 heterocycles. The summed E-state index contributed by atoms with van der Waals surface area (Å²) in [5.74, 6) is 0.946. The van der Waals surface area contributed by atoms with Crippen LogP contribution in [0.1, 0.15) is 37.4 Å². The second-order valence-corrected chi connectivity index (χ2v) is 6.10. The van der Waals surface area contributed by atoms with Crippen LogP contribution in [-0.2, 0) is 13.0 Å². The van der Waals surface area contributed by atoms with Crippen molar-refractivity contribution in [1.29, 1.82) is 0 Å². The Morgan fingerprint density at radius 2 is 2.05 bits per heavy atom. The number of rotatable bonds is 6. The second-order valence-electron chi connectivity index (χ2n) is 6.10. The average Bonchev–Trinajstić information content (AvgIpc) is 2.95. The van der Waals surface area contributed by atoms with Gasteiger partial charge in [-0.1, -0.05) is 19.8 Å².